The van der Waals surface area contributed by atoms with Gasteiger partial charge in [-0.05, 0) is 23.6 Å². The highest BCUT2D eigenvalue weighted by molar-refractivity contribution is 7.16. The van der Waals surface area contributed by atoms with E-state index in [1.807, 2.05) is 36.3 Å². The maximum atomic E-state index is 12.9. The molecule has 2 aromatic heterocycles. The van der Waals surface area contributed by atoms with Crippen LogP contribution in [0, 0.1) is 0 Å². The molecule has 1 spiro atoms. The summed E-state index contributed by atoms with van der Waals surface area (Å²) < 4.78 is 9.01. The summed E-state index contributed by atoms with van der Waals surface area (Å²) in [4.78, 5) is 16.1. The van der Waals surface area contributed by atoms with Gasteiger partial charge in [0.05, 0.1) is 29.2 Å². The SMILES string of the molecule is CC(=O)N1[C@@H](c2ccccc2)C[C@@]2(C[C@H]1c1cn(C)nn1)OCCc1cc(Cl)sc12. The Labute approximate surface area is 184 Å². The topological polar surface area (TPSA) is 60.2 Å². The summed E-state index contributed by atoms with van der Waals surface area (Å²) in [5, 5.41) is 8.51. The van der Waals surface area contributed by atoms with Crippen molar-refractivity contribution in [2.24, 2.45) is 7.05 Å². The van der Waals surface area contributed by atoms with Gasteiger partial charge in [0.15, 0.2) is 0 Å². The molecule has 0 unspecified atom stereocenters. The summed E-state index contributed by atoms with van der Waals surface area (Å²) in [6.45, 7) is 2.28. The number of likely N-dealkylation sites (tertiary alicyclic amines) is 1. The van der Waals surface area contributed by atoms with Gasteiger partial charge in [0.25, 0.3) is 0 Å². The lowest BCUT2D eigenvalue weighted by atomic mass is 9.75. The van der Waals surface area contributed by atoms with Crippen molar-refractivity contribution in [3.8, 4) is 0 Å². The van der Waals surface area contributed by atoms with Gasteiger partial charge < -0.3 is 9.64 Å². The molecule has 6 nitrogen and oxygen atoms in total. The molecule has 30 heavy (non-hydrogen) atoms. The molecule has 1 aromatic carbocycles. The Kier molecular flexibility index (Phi) is 4.92. The summed E-state index contributed by atoms with van der Waals surface area (Å²) in [7, 11) is 1.84. The van der Waals surface area contributed by atoms with Crippen molar-refractivity contribution < 1.29 is 9.53 Å². The molecule has 156 valence electrons. The number of aryl methyl sites for hydroxylation is 1. The van der Waals surface area contributed by atoms with Crippen LogP contribution in [-0.4, -0.2) is 32.4 Å². The van der Waals surface area contributed by atoms with Crippen molar-refractivity contribution in [3.05, 3.63) is 68.6 Å². The molecule has 5 rings (SSSR count). The van der Waals surface area contributed by atoms with E-state index in [9.17, 15) is 4.79 Å². The smallest absolute Gasteiger partial charge is 0.220 e. The van der Waals surface area contributed by atoms with Crippen molar-refractivity contribution in [2.75, 3.05) is 6.61 Å². The second kappa shape index (κ2) is 7.48. The van der Waals surface area contributed by atoms with Crippen LogP contribution in [0.25, 0.3) is 0 Å². The minimum absolute atomic E-state index is 0.0228. The predicted molar refractivity (Wildman–Crippen MR) is 115 cm³/mol. The van der Waals surface area contributed by atoms with E-state index in [2.05, 4.69) is 28.5 Å². The molecule has 4 heterocycles. The third-order valence-corrected chi connectivity index (χ3v) is 7.66. The number of benzene rings is 1. The van der Waals surface area contributed by atoms with E-state index in [1.165, 1.54) is 10.4 Å². The van der Waals surface area contributed by atoms with Gasteiger partial charge in [-0.15, -0.1) is 16.4 Å². The van der Waals surface area contributed by atoms with Crippen molar-refractivity contribution >= 4 is 28.8 Å². The minimum atomic E-state index is -0.500. The van der Waals surface area contributed by atoms with Crippen LogP contribution in [0.4, 0.5) is 0 Å². The van der Waals surface area contributed by atoms with Gasteiger partial charge >= 0.3 is 0 Å². The number of carbonyl (C=O) groups excluding carboxylic acids is 1. The highest BCUT2D eigenvalue weighted by Crippen LogP contribution is 2.55. The number of rotatable bonds is 2. The van der Waals surface area contributed by atoms with E-state index in [0.29, 0.717) is 19.4 Å². The number of nitrogens with zero attached hydrogens (tertiary/aromatic N) is 4. The fourth-order valence-electron chi connectivity index (χ4n) is 4.97. The monoisotopic (exact) mass is 442 g/mol. The normalized spacial score (nSPS) is 26.0. The van der Waals surface area contributed by atoms with Crippen molar-refractivity contribution in [3.63, 3.8) is 0 Å². The number of piperidine rings is 1. The average Bonchev–Trinajstić information content (AvgIpc) is 3.34. The number of fused-ring (bicyclic) bond motifs is 2. The van der Waals surface area contributed by atoms with Gasteiger partial charge in [-0.25, -0.2) is 0 Å². The van der Waals surface area contributed by atoms with Gasteiger partial charge in [-0.3, -0.25) is 9.48 Å². The zero-order chi connectivity index (χ0) is 20.9. The highest BCUT2D eigenvalue weighted by atomic mass is 35.5. The fourth-order valence-corrected chi connectivity index (χ4v) is 6.43. The highest BCUT2D eigenvalue weighted by Gasteiger charge is 2.52. The Morgan fingerprint density at radius 2 is 2.03 bits per heavy atom. The lowest BCUT2D eigenvalue weighted by Crippen LogP contribution is -2.50. The second-order valence-corrected chi connectivity index (χ2v) is 9.78. The number of carbonyl (C=O) groups is 1. The van der Waals surface area contributed by atoms with Gasteiger partial charge in [-0.2, -0.15) is 0 Å². The molecule has 0 radical (unpaired) electrons. The Morgan fingerprint density at radius 3 is 2.73 bits per heavy atom. The third kappa shape index (κ3) is 3.25. The molecule has 1 fully saturated rings. The number of hydrogen-bond acceptors (Lipinski definition) is 5. The molecule has 2 aliphatic rings. The minimum Gasteiger partial charge on any atom is -0.369 e. The standard InChI is InChI=1S/C22H23ClN4O2S/c1-14(28)27-18(15-6-4-3-5-7-15)11-22(12-19(27)17-13-26(2)25-24-17)21-16(8-9-29-22)10-20(23)30-21/h3-7,10,13,18-19H,8-9,11-12H2,1-2H3/t18-,19+,22+/m1/s1. The quantitative estimate of drug-likeness (QED) is 0.589. The van der Waals surface area contributed by atoms with Gasteiger partial charge in [-0.1, -0.05) is 47.1 Å². The van der Waals surface area contributed by atoms with Crippen molar-refractivity contribution in [2.45, 2.75) is 43.9 Å². The van der Waals surface area contributed by atoms with E-state index >= 15 is 0 Å². The van der Waals surface area contributed by atoms with E-state index in [4.69, 9.17) is 16.3 Å². The first-order chi connectivity index (χ1) is 14.5. The predicted octanol–water partition coefficient (Wildman–Crippen LogP) is 4.42. The lowest BCUT2D eigenvalue weighted by Gasteiger charge is -2.51. The van der Waals surface area contributed by atoms with Crippen LogP contribution in [0.15, 0.2) is 42.6 Å². The zero-order valence-electron chi connectivity index (χ0n) is 16.9. The van der Waals surface area contributed by atoms with E-state index in [1.54, 1.807) is 22.9 Å². The molecule has 0 aliphatic carbocycles. The largest absolute Gasteiger partial charge is 0.369 e. The van der Waals surface area contributed by atoms with Crippen LogP contribution in [0.5, 0.6) is 0 Å². The molecular formula is C22H23ClN4O2S. The second-order valence-electron chi connectivity index (χ2n) is 8.09. The fraction of sp³-hybridized carbons (Fsp3) is 0.409. The Balaban J connectivity index is 1.68. The number of amides is 1. The van der Waals surface area contributed by atoms with Crippen LogP contribution in [-0.2, 0) is 28.6 Å². The van der Waals surface area contributed by atoms with E-state index in [0.717, 1.165) is 22.0 Å². The van der Waals surface area contributed by atoms with Crippen LogP contribution in [0.2, 0.25) is 4.34 Å². The average molecular weight is 443 g/mol. The molecule has 1 saturated heterocycles. The number of hydrogen-bond donors (Lipinski definition) is 0. The Bertz CT molecular complexity index is 1080. The van der Waals surface area contributed by atoms with Crippen LogP contribution < -0.4 is 0 Å². The van der Waals surface area contributed by atoms with E-state index < -0.39 is 5.60 Å². The van der Waals surface area contributed by atoms with Gasteiger partial charge in [0.1, 0.15) is 11.3 Å². The maximum Gasteiger partial charge on any atom is 0.220 e. The molecule has 3 aromatic rings. The van der Waals surface area contributed by atoms with Crippen LogP contribution >= 0.6 is 22.9 Å². The molecule has 0 N–H and O–H groups in total. The number of ether oxygens (including phenoxy) is 1. The summed E-state index contributed by atoms with van der Waals surface area (Å²) in [5.74, 6) is 0.0228. The van der Waals surface area contributed by atoms with Gasteiger partial charge in [0, 0.05) is 31.7 Å². The summed E-state index contributed by atoms with van der Waals surface area (Å²) >= 11 is 8.02. The van der Waals surface area contributed by atoms with Crippen LogP contribution in [0.3, 0.4) is 0 Å². The Hall–Kier alpha value is -2.22. The maximum absolute atomic E-state index is 12.9. The first kappa shape index (κ1) is 19.7. The van der Waals surface area contributed by atoms with Gasteiger partial charge in [0.2, 0.25) is 5.91 Å². The lowest BCUT2D eigenvalue weighted by molar-refractivity contribution is -0.157. The number of aromatic nitrogens is 3. The molecule has 2 aliphatic heterocycles. The first-order valence-electron chi connectivity index (χ1n) is 10.1. The third-order valence-electron chi connectivity index (χ3n) is 6.17. The molecule has 3 atom stereocenters. The van der Waals surface area contributed by atoms with E-state index in [-0.39, 0.29) is 18.0 Å². The molecule has 0 saturated carbocycles. The molecule has 8 heteroatoms. The Morgan fingerprint density at radius 1 is 1.27 bits per heavy atom. The summed E-state index contributed by atoms with van der Waals surface area (Å²) in [5.41, 5.74) is 2.64. The molecule has 0 bridgehead atoms. The van der Waals surface area contributed by atoms with Crippen molar-refractivity contribution in [1.29, 1.82) is 0 Å². The number of thiophene rings is 1. The summed E-state index contributed by atoms with van der Waals surface area (Å²) in [6, 6.07) is 11.9. The molecule has 1 amide bonds. The molecular weight excluding hydrogens is 420 g/mol. The number of halogens is 1. The zero-order valence-corrected chi connectivity index (χ0v) is 18.5. The van der Waals surface area contributed by atoms with Crippen molar-refractivity contribution in [1.82, 2.24) is 19.9 Å². The van der Waals surface area contributed by atoms with Crippen LogP contribution in [0.1, 0.15) is 53.5 Å². The first-order valence-corrected chi connectivity index (χ1v) is 11.3. The summed E-state index contributed by atoms with van der Waals surface area (Å²) in [6.07, 6.45) is 4.09.